The van der Waals surface area contributed by atoms with Crippen molar-refractivity contribution < 1.29 is 18.7 Å². The van der Waals surface area contributed by atoms with Gasteiger partial charge < -0.3 is 9.47 Å². The fourth-order valence-corrected chi connectivity index (χ4v) is 3.99. The number of benzene rings is 4. The normalized spacial score (nSPS) is 11.2. The van der Waals surface area contributed by atoms with Crippen LogP contribution in [0.5, 0.6) is 11.5 Å². The molecule has 0 aliphatic carbocycles. The summed E-state index contributed by atoms with van der Waals surface area (Å²) in [4.78, 5) is 12.8. The third-order valence-electron chi connectivity index (χ3n) is 5.93. The third kappa shape index (κ3) is 5.73. The number of carbonyl (C=O) groups excluding carboxylic acids is 1. The number of fused-ring (bicyclic) bond motifs is 1. The van der Waals surface area contributed by atoms with Crippen molar-refractivity contribution in [2.24, 2.45) is 0 Å². The summed E-state index contributed by atoms with van der Waals surface area (Å²) in [5.74, 6) is 0.929. The van der Waals surface area contributed by atoms with Crippen LogP contribution in [0.1, 0.15) is 27.2 Å². The second-order valence-electron chi connectivity index (χ2n) is 8.45. The second-order valence-corrected chi connectivity index (χ2v) is 8.45. The molecule has 0 fully saturated rings. The molecule has 7 heteroatoms. The van der Waals surface area contributed by atoms with E-state index in [0.717, 1.165) is 21.9 Å². The van der Waals surface area contributed by atoms with Crippen LogP contribution in [-0.4, -0.2) is 27.9 Å². The number of ether oxygens (including phenoxy) is 2. The number of ketones is 1. The molecule has 5 rings (SSSR count). The van der Waals surface area contributed by atoms with Gasteiger partial charge in [-0.15, -0.1) is 5.10 Å². The third-order valence-corrected chi connectivity index (χ3v) is 5.93. The van der Waals surface area contributed by atoms with Crippen LogP contribution < -0.4 is 9.47 Å². The topological polar surface area (TPSA) is 66.2 Å². The maximum Gasteiger partial charge on any atom is 0.185 e. The van der Waals surface area contributed by atoms with Crippen molar-refractivity contribution in [3.05, 3.63) is 125 Å². The monoisotopic (exact) mass is 493 g/mol. The van der Waals surface area contributed by atoms with E-state index in [1.807, 2.05) is 36.4 Å². The molecule has 4 aromatic carbocycles. The van der Waals surface area contributed by atoms with Crippen LogP contribution >= 0.6 is 0 Å². The van der Waals surface area contributed by atoms with Crippen molar-refractivity contribution >= 4 is 22.6 Å². The SMILES string of the molecule is COc1ccc(C(=O)/C=C/c2c(OCc3cn(Cc4ccc(F)cc4)nn3)ccc3ccccc23)cc1. The van der Waals surface area contributed by atoms with Gasteiger partial charge in [-0.2, -0.15) is 0 Å². The van der Waals surface area contributed by atoms with Gasteiger partial charge in [-0.3, -0.25) is 4.79 Å². The number of aromatic nitrogens is 3. The minimum absolute atomic E-state index is 0.120. The minimum atomic E-state index is -0.276. The van der Waals surface area contributed by atoms with E-state index in [-0.39, 0.29) is 18.2 Å². The van der Waals surface area contributed by atoms with E-state index in [1.54, 1.807) is 66.5 Å². The highest BCUT2D eigenvalue weighted by atomic mass is 19.1. The minimum Gasteiger partial charge on any atom is -0.497 e. The van der Waals surface area contributed by atoms with Crippen LogP contribution in [0.25, 0.3) is 16.8 Å². The highest BCUT2D eigenvalue weighted by Gasteiger charge is 2.10. The maximum absolute atomic E-state index is 13.2. The predicted molar refractivity (Wildman–Crippen MR) is 140 cm³/mol. The predicted octanol–water partition coefficient (Wildman–Crippen LogP) is 6.10. The Morgan fingerprint density at radius 1 is 0.973 bits per heavy atom. The van der Waals surface area contributed by atoms with Crippen LogP contribution in [0.15, 0.2) is 97.2 Å². The molecule has 1 heterocycles. The van der Waals surface area contributed by atoms with Crippen LogP contribution in [-0.2, 0) is 13.2 Å². The zero-order valence-corrected chi connectivity index (χ0v) is 20.2. The molecular weight excluding hydrogens is 469 g/mol. The van der Waals surface area contributed by atoms with Crippen LogP contribution in [0.2, 0.25) is 0 Å². The molecule has 6 nitrogen and oxygen atoms in total. The Bertz CT molecular complexity index is 1560. The van der Waals surface area contributed by atoms with Crippen LogP contribution in [0.4, 0.5) is 4.39 Å². The Morgan fingerprint density at radius 3 is 2.54 bits per heavy atom. The molecule has 0 saturated carbocycles. The van der Waals surface area contributed by atoms with Crippen molar-refractivity contribution in [3.8, 4) is 11.5 Å². The zero-order chi connectivity index (χ0) is 25.6. The molecule has 37 heavy (non-hydrogen) atoms. The van der Waals surface area contributed by atoms with E-state index in [4.69, 9.17) is 9.47 Å². The number of hydrogen-bond acceptors (Lipinski definition) is 5. The molecule has 0 radical (unpaired) electrons. The molecule has 0 atom stereocenters. The number of allylic oxidation sites excluding steroid dienone is 1. The van der Waals surface area contributed by atoms with Crippen molar-refractivity contribution in [2.45, 2.75) is 13.2 Å². The van der Waals surface area contributed by atoms with Crippen LogP contribution in [0.3, 0.4) is 0 Å². The first-order chi connectivity index (χ1) is 18.1. The Labute approximate surface area is 213 Å². The lowest BCUT2D eigenvalue weighted by molar-refractivity contribution is 0.104. The molecule has 1 aromatic heterocycles. The summed E-state index contributed by atoms with van der Waals surface area (Å²) in [6.07, 6.45) is 5.14. The highest BCUT2D eigenvalue weighted by molar-refractivity contribution is 6.08. The molecule has 0 saturated heterocycles. The smallest absolute Gasteiger partial charge is 0.185 e. The quantitative estimate of drug-likeness (QED) is 0.183. The largest absolute Gasteiger partial charge is 0.497 e. The van der Waals surface area contributed by atoms with E-state index in [0.29, 0.717) is 29.3 Å². The molecule has 5 aromatic rings. The van der Waals surface area contributed by atoms with Crippen molar-refractivity contribution in [2.75, 3.05) is 7.11 Å². The van der Waals surface area contributed by atoms with Crippen molar-refractivity contribution in [1.29, 1.82) is 0 Å². The Hall–Kier alpha value is -4.78. The average Bonchev–Trinajstić information content (AvgIpc) is 3.39. The fourth-order valence-electron chi connectivity index (χ4n) is 3.99. The number of nitrogens with zero attached hydrogens (tertiary/aromatic N) is 3. The summed E-state index contributed by atoms with van der Waals surface area (Å²) in [5.41, 5.74) is 2.94. The number of halogens is 1. The first kappa shape index (κ1) is 23.9. The Kier molecular flexibility index (Phi) is 7.03. The zero-order valence-electron chi connectivity index (χ0n) is 20.2. The van der Waals surface area contributed by atoms with E-state index >= 15 is 0 Å². The Morgan fingerprint density at radius 2 is 1.76 bits per heavy atom. The molecule has 0 unspecified atom stereocenters. The summed E-state index contributed by atoms with van der Waals surface area (Å²) in [5, 5.41) is 10.4. The first-order valence-electron chi connectivity index (χ1n) is 11.7. The summed E-state index contributed by atoms with van der Waals surface area (Å²) in [6, 6.07) is 25.1. The first-order valence-corrected chi connectivity index (χ1v) is 11.7. The van der Waals surface area contributed by atoms with Gasteiger partial charge in [0.2, 0.25) is 0 Å². The molecule has 0 amide bonds. The van der Waals surface area contributed by atoms with Gasteiger partial charge in [-0.05, 0) is 71.0 Å². The van der Waals surface area contributed by atoms with Gasteiger partial charge in [0.05, 0.1) is 19.9 Å². The Balaban J connectivity index is 1.35. The summed E-state index contributed by atoms with van der Waals surface area (Å²) in [7, 11) is 1.59. The molecule has 0 N–H and O–H groups in total. The molecular formula is C30H24FN3O3. The number of carbonyl (C=O) groups is 1. The van der Waals surface area contributed by atoms with Gasteiger partial charge in [0, 0.05) is 11.1 Å². The van der Waals surface area contributed by atoms with Gasteiger partial charge in [-0.25, -0.2) is 9.07 Å². The van der Waals surface area contributed by atoms with Gasteiger partial charge in [0.1, 0.15) is 29.6 Å². The molecule has 0 spiro atoms. The van der Waals surface area contributed by atoms with Gasteiger partial charge in [-0.1, -0.05) is 47.7 Å². The van der Waals surface area contributed by atoms with Crippen molar-refractivity contribution in [1.82, 2.24) is 15.0 Å². The standard InChI is InChI=1S/C30H24FN3O3/c1-36-26-13-8-23(9-14-26)29(35)16-15-28-27-5-3-2-4-22(27)10-17-30(28)37-20-25-19-34(33-32-25)18-21-6-11-24(31)12-7-21/h2-17,19H,18,20H2,1H3/b16-15+. The summed E-state index contributed by atoms with van der Waals surface area (Å²) < 4.78 is 26.1. The lowest BCUT2D eigenvalue weighted by Crippen LogP contribution is -2.00. The average molecular weight is 494 g/mol. The van der Waals surface area contributed by atoms with Crippen molar-refractivity contribution in [3.63, 3.8) is 0 Å². The van der Waals surface area contributed by atoms with E-state index in [2.05, 4.69) is 10.3 Å². The highest BCUT2D eigenvalue weighted by Crippen LogP contribution is 2.30. The van der Waals surface area contributed by atoms with Gasteiger partial charge in [0.25, 0.3) is 0 Å². The summed E-state index contributed by atoms with van der Waals surface area (Å²) in [6.45, 7) is 0.680. The van der Waals surface area contributed by atoms with Crippen LogP contribution in [0, 0.1) is 5.82 Å². The lowest BCUT2D eigenvalue weighted by Gasteiger charge is -2.11. The number of rotatable bonds is 9. The second kappa shape index (κ2) is 10.9. The number of hydrogen-bond donors (Lipinski definition) is 0. The molecule has 0 aliphatic rings. The fraction of sp³-hybridized carbons (Fsp3) is 0.100. The molecule has 0 aliphatic heterocycles. The van der Waals surface area contributed by atoms with Gasteiger partial charge in [0.15, 0.2) is 5.78 Å². The van der Waals surface area contributed by atoms with E-state index in [1.165, 1.54) is 12.1 Å². The maximum atomic E-state index is 13.2. The molecule has 184 valence electrons. The number of methoxy groups -OCH3 is 1. The summed E-state index contributed by atoms with van der Waals surface area (Å²) >= 11 is 0. The van der Waals surface area contributed by atoms with E-state index in [9.17, 15) is 9.18 Å². The van der Waals surface area contributed by atoms with E-state index < -0.39 is 0 Å². The lowest BCUT2D eigenvalue weighted by atomic mass is 10.0. The molecule has 0 bridgehead atoms. The van der Waals surface area contributed by atoms with Gasteiger partial charge >= 0.3 is 0 Å².